The molecule has 1 amide bonds. The van der Waals surface area contributed by atoms with E-state index in [1.54, 1.807) is 11.7 Å². The Morgan fingerprint density at radius 3 is 2.88 bits per heavy atom. The van der Waals surface area contributed by atoms with Gasteiger partial charge in [0.1, 0.15) is 11.0 Å². The Hall–Kier alpha value is -2.06. The lowest BCUT2D eigenvalue weighted by molar-refractivity contribution is -0.0246. The molecule has 2 aliphatic rings. The average Bonchev–Trinajstić information content (AvgIpc) is 3.33. The molecule has 0 radical (unpaired) electrons. The highest BCUT2D eigenvalue weighted by Gasteiger charge is 2.29. The quantitative estimate of drug-likeness (QED) is 0.835. The first-order valence-corrected chi connectivity index (χ1v) is 9.49. The molecule has 2 saturated heterocycles. The average molecular weight is 359 g/mol. The molecule has 0 unspecified atom stereocenters. The molecular formula is C17H21N5O2S. The molecule has 0 aromatic carbocycles. The van der Waals surface area contributed by atoms with Crippen molar-refractivity contribution >= 4 is 23.2 Å². The van der Waals surface area contributed by atoms with Crippen molar-refractivity contribution in [1.82, 2.24) is 19.9 Å². The fourth-order valence-corrected chi connectivity index (χ4v) is 4.04. The van der Waals surface area contributed by atoms with Crippen LogP contribution in [0, 0.1) is 6.92 Å². The molecular weight excluding hydrogens is 338 g/mol. The minimum atomic E-state index is -0.213. The molecule has 2 aliphatic heterocycles. The Balaban J connectivity index is 1.50. The van der Waals surface area contributed by atoms with E-state index in [9.17, 15) is 4.79 Å². The van der Waals surface area contributed by atoms with Gasteiger partial charge in [-0.05, 0) is 25.8 Å². The van der Waals surface area contributed by atoms with Crippen LogP contribution in [0.1, 0.15) is 40.0 Å². The smallest absolute Gasteiger partial charge is 0.266 e. The van der Waals surface area contributed by atoms with Crippen LogP contribution >= 0.6 is 11.3 Å². The number of carbonyl (C=O) groups is 1. The maximum Gasteiger partial charge on any atom is 0.266 e. The first kappa shape index (κ1) is 16.4. The van der Waals surface area contributed by atoms with Gasteiger partial charge in [0.15, 0.2) is 0 Å². The molecule has 2 fully saturated rings. The number of hydrogen-bond acceptors (Lipinski definition) is 7. The summed E-state index contributed by atoms with van der Waals surface area (Å²) in [6.45, 7) is 5.49. The molecule has 7 nitrogen and oxygen atoms in total. The van der Waals surface area contributed by atoms with Crippen LogP contribution in [0.3, 0.4) is 0 Å². The third kappa shape index (κ3) is 3.36. The molecule has 25 heavy (non-hydrogen) atoms. The predicted octanol–water partition coefficient (Wildman–Crippen LogP) is 2.06. The molecule has 8 heteroatoms. The Bertz CT molecular complexity index is 759. The Morgan fingerprint density at radius 1 is 1.28 bits per heavy atom. The summed E-state index contributed by atoms with van der Waals surface area (Å²) in [4.78, 5) is 30.8. The number of nitrogens with zero attached hydrogens (tertiary/aromatic N) is 5. The molecule has 0 aliphatic carbocycles. The van der Waals surface area contributed by atoms with Gasteiger partial charge in [-0.15, -0.1) is 11.3 Å². The molecule has 0 N–H and O–H groups in total. The van der Waals surface area contributed by atoms with E-state index in [0.29, 0.717) is 24.6 Å². The van der Waals surface area contributed by atoms with E-state index in [1.807, 2.05) is 17.9 Å². The van der Waals surface area contributed by atoms with Crippen molar-refractivity contribution < 1.29 is 9.53 Å². The van der Waals surface area contributed by atoms with Gasteiger partial charge in [-0.3, -0.25) is 4.79 Å². The van der Waals surface area contributed by atoms with Crippen LogP contribution < -0.4 is 4.90 Å². The summed E-state index contributed by atoms with van der Waals surface area (Å²) in [5.74, 6) is 0.794. The largest absolute Gasteiger partial charge is 0.368 e. The molecule has 4 rings (SSSR count). The van der Waals surface area contributed by atoms with E-state index in [0.717, 1.165) is 30.4 Å². The van der Waals surface area contributed by atoms with Gasteiger partial charge in [0, 0.05) is 25.8 Å². The van der Waals surface area contributed by atoms with Gasteiger partial charge < -0.3 is 14.5 Å². The molecule has 132 valence electrons. The minimum absolute atomic E-state index is 0.0297. The predicted molar refractivity (Wildman–Crippen MR) is 94.9 cm³/mol. The Labute approximate surface area is 150 Å². The van der Waals surface area contributed by atoms with Crippen molar-refractivity contribution in [2.24, 2.45) is 0 Å². The van der Waals surface area contributed by atoms with Gasteiger partial charge in [0.2, 0.25) is 5.95 Å². The fourth-order valence-electron chi connectivity index (χ4n) is 3.27. The van der Waals surface area contributed by atoms with Crippen LogP contribution in [0.2, 0.25) is 0 Å². The second kappa shape index (κ2) is 7.05. The van der Waals surface area contributed by atoms with Crippen LogP contribution in [-0.4, -0.2) is 58.5 Å². The molecule has 2 aromatic heterocycles. The standard InChI is InChI=1S/C17H21N5O2S/c1-12-15(25-11-19-12)16(23)22-8-9-24-14(10-22)13-4-5-18-17(20-13)21-6-2-3-7-21/h4-5,11,14H,2-3,6-10H2,1H3/t14-/m0/s1. The van der Waals surface area contributed by atoms with Crippen LogP contribution in [0.4, 0.5) is 5.95 Å². The number of amides is 1. The zero-order valence-corrected chi connectivity index (χ0v) is 15.0. The van der Waals surface area contributed by atoms with E-state index in [2.05, 4.69) is 14.9 Å². The Morgan fingerprint density at radius 2 is 2.12 bits per heavy atom. The molecule has 4 heterocycles. The van der Waals surface area contributed by atoms with Crippen LogP contribution in [0.5, 0.6) is 0 Å². The molecule has 2 aromatic rings. The van der Waals surface area contributed by atoms with E-state index in [1.165, 1.54) is 24.2 Å². The van der Waals surface area contributed by atoms with Gasteiger partial charge in [-0.1, -0.05) is 0 Å². The number of aromatic nitrogens is 3. The van der Waals surface area contributed by atoms with Crippen LogP contribution in [-0.2, 0) is 4.74 Å². The summed E-state index contributed by atoms with van der Waals surface area (Å²) in [6.07, 6.45) is 3.94. The van der Waals surface area contributed by atoms with Gasteiger partial charge in [0.05, 0.1) is 30.1 Å². The first-order chi connectivity index (χ1) is 12.2. The highest BCUT2D eigenvalue weighted by atomic mass is 32.1. The van der Waals surface area contributed by atoms with Gasteiger partial charge >= 0.3 is 0 Å². The molecule has 0 bridgehead atoms. The zero-order valence-electron chi connectivity index (χ0n) is 14.2. The number of rotatable bonds is 3. The normalized spacial score (nSPS) is 20.9. The number of anilines is 1. The van der Waals surface area contributed by atoms with Crippen molar-refractivity contribution in [3.05, 3.63) is 34.0 Å². The summed E-state index contributed by atoms with van der Waals surface area (Å²) in [6, 6.07) is 1.89. The second-order valence-corrected chi connectivity index (χ2v) is 7.21. The summed E-state index contributed by atoms with van der Waals surface area (Å²) in [7, 11) is 0. The second-order valence-electron chi connectivity index (χ2n) is 6.35. The summed E-state index contributed by atoms with van der Waals surface area (Å²) in [5, 5.41) is 0. The third-order valence-electron chi connectivity index (χ3n) is 4.68. The topological polar surface area (TPSA) is 71.5 Å². The van der Waals surface area contributed by atoms with Crippen molar-refractivity contribution in [3.63, 3.8) is 0 Å². The number of morpholine rings is 1. The van der Waals surface area contributed by atoms with Crippen molar-refractivity contribution in [2.45, 2.75) is 25.9 Å². The zero-order chi connectivity index (χ0) is 17.2. The molecule has 1 atom stereocenters. The highest BCUT2D eigenvalue weighted by Crippen LogP contribution is 2.25. The number of hydrogen-bond donors (Lipinski definition) is 0. The minimum Gasteiger partial charge on any atom is -0.368 e. The molecule has 0 spiro atoms. The fraction of sp³-hybridized carbons (Fsp3) is 0.529. The number of ether oxygens (including phenoxy) is 1. The SMILES string of the molecule is Cc1ncsc1C(=O)N1CCO[C@H](c2ccnc(N3CCCC3)n2)C1. The number of aryl methyl sites for hydroxylation is 1. The van der Waals surface area contributed by atoms with E-state index in [-0.39, 0.29) is 12.0 Å². The van der Waals surface area contributed by atoms with Crippen molar-refractivity contribution in [1.29, 1.82) is 0 Å². The van der Waals surface area contributed by atoms with Gasteiger partial charge in [-0.2, -0.15) is 0 Å². The van der Waals surface area contributed by atoms with Gasteiger partial charge in [-0.25, -0.2) is 15.0 Å². The van der Waals surface area contributed by atoms with Gasteiger partial charge in [0.25, 0.3) is 5.91 Å². The highest BCUT2D eigenvalue weighted by molar-refractivity contribution is 7.11. The van der Waals surface area contributed by atoms with Crippen molar-refractivity contribution in [2.75, 3.05) is 37.7 Å². The lowest BCUT2D eigenvalue weighted by atomic mass is 10.2. The summed E-state index contributed by atoms with van der Waals surface area (Å²) >= 11 is 1.39. The number of thiazole rings is 1. The summed E-state index contributed by atoms with van der Waals surface area (Å²) < 4.78 is 5.89. The Kier molecular flexibility index (Phi) is 4.63. The number of carbonyl (C=O) groups excluding carboxylic acids is 1. The first-order valence-electron chi connectivity index (χ1n) is 8.61. The van der Waals surface area contributed by atoms with E-state index >= 15 is 0 Å². The van der Waals surface area contributed by atoms with Crippen LogP contribution in [0.15, 0.2) is 17.8 Å². The molecule has 0 saturated carbocycles. The maximum atomic E-state index is 12.7. The van der Waals surface area contributed by atoms with E-state index in [4.69, 9.17) is 9.72 Å². The lowest BCUT2D eigenvalue weighted by Gasteiger charge is -2.32. The summed E-state index contributed by atoms with van der Waals surface area (Å²) in [5.41, 5.74) is 3.35. The monoisotopic (exact) mass is 359 g/mol. The van der Waals surface area contributed by atoms with Crippen molar-refractivity contribution in [3.8, 4) is 0 Å². The third-order valence-corrected chi connectivity index (χ3v) is 5.59. The van der Waals surface area contributed by atoms with E-state index < -0.39 is 0 Å². The maximum absolute atomic E-state index is 12.7. The lowest BCUT2D eigenvalue weighted by Crippen LogP contribution is -2.42. The van der Waals surface area contributed by atoms with Crippen LogP contribution in [0.25, 0.3) is 0 Å².